The number of nitrogens with one attached hydrogen (secondary N) is 1. The number of aliphatic imine (C=N–C) groups is 1. The molecule has 1 aromatic rings. The molecule has 3 nitrogen and oxygen atoms in total. The molecule has 0 amide bonds. The molecule has 0 aromatic carbocycles. The maximum absolute atomic E-state index is 4.47. The van der Waals surface area contributed by atoms with E-state index in [1.54, 1.807) is 0 Å². The van der Waals surface area contributed by atoms with Crippen LogP contribution in [0.3, 0.4) is 0 Å². The SMILES string of the molecule is CCCc1cncc(SCC2=NCCCN2)c1. The van der Waals surface area contributed by atoms with Gasteiger partial charge in [-0.3, -0.25) is 9.98 Å². The normalized spacial score (nSPS) is 15.2. The van der Waals surface area contributed by atoms with E-state index in [1.165, 1.54) is 16.9 Å². The van der Waals surface area contributed by atoms with Gasteiger partial charge in [-0.15, -0.1) is 11.8 Å². The summed E-state index contributed by atoms with van der Waals surface area (Å²) in [6, 6.07) is 2.24. The number of amidine groups is 1. The first-order valence-corrected chi connectivity index (χ1v) is 7.21. The van der Waals surface area contributed by atoms with Crippen molar-refractivity contribution in [3.05, 3.63) is 24.0 Å². The Bertz CT molecular complexity index is 390. The van der Waals surface area contributed by atoms with E-state index in [9.17, 15) is 0 Å². The number of hydrogen-bond donors (Lipinski definition) is 1. The molecule has 0 saturated heterocycles. The van der Waals surface area contributed by atoms with E-state index in [2.05, 4.69) is 28.3 Å². The molecule has 1 aromatic heterocycles. The maximum Gasteiger partial charge on any atom is 0.107 e. The standard InChI is InChI=1S/C13H19N3S/c1-2-4-11-7-12(9-14-8-11)17-10-13-15-5-3-6-16-13/h7-9H,2-6,10H2,1H3,(H,15,16). The molecule has 2 rings (SSSR count). The number of pyridine rings is 1. The van der Waals surface area contributed by atoms with Crippen molar-refractivity contribution in [2.75, 3.05) is 18.8 Å². The zero-order valence-corrected chi connectivity index (χ0v) is 11.1. The van der Waals surface area contributed by atoms with Crippen LogP contribution in [-0.2, 0) is 6.42 Å². The first kappa shape index (κ1) is 12.4. The molecule has 17 heavy (non-hydrogen) atoms. The quantitative estimate of drug-likeness (QED) is 0.815. The largest absolute Gasteiger partial charge is 0.373 e. The van der Waals surface area contributed by atoms with Gasteiger partial charge in [0.2, 0.25) is 0 Å². The molecule has 1 N–H and O–H groups in total. The average molecular weight is 249 g/mol. The molecule has 2 heterocycles. The Balaban J connectivity index is 1.89. The Morgan fingerprint density at radius 1 is 1.41 bits per heavy atom. The first-order chi connectivity index (χ1) is 8.38. The van der Waals surface area contributed by atoms with Crippen molar-refractivity contribution in [1.29, 1.82) is 0 Å². The molecule has 1 aliphatic rings. The highest BCUT2D eigenvalue weighted by Gasteiger charge is 2.05. The second kappa shape index (κ2) is 6.64. The van der Waals surface area contributed by atoms with Gasteiger partial charge in [0.15, 0.2) is 0 Å². The number of thioether (sulfide) groups is 1. The summed E-state index contributed by atoms with van der Waals surface area (Å²) in [6.07, 6.45) is 7.34. The van der Waals surface area contributed by atoms with Crippen LogP contribution in [0.25, 0.3) is 0 Å². The third-order valence-corrected chi connectivity index (χ3v) is 3.62. The number of hydrogen-bond acceptors (Lipinski definition) is 4. The predicted molar refractivity (Wildman–Crippen MR) is 73.9 cm³/mol. The summed E-state index contributed by atoms with van der Waals surface area (Å²) in [5.41, 5.74) is 1.33. The summed E-state index contributed by atoms with van der Waals surface area (Å²) in [5, 5.41) is 3.34. The molecule has 0 radical (unpaired) electrons. The lowest BCUT2D eigenvalue weighted by molar-refractivity contribution is 0.740. The number of aryl methyl sites for hydroxylation is 1. The Morgan fingerprint density at radius 2 is 2.35 bits per heavy atom. The molecular formula is C13H19N3S. The molecule has 0 spiro atoms. The van der Waals surface area contributed by atoms with Gasteiger partial charge >= 0.3 is 0 Å². The molecule has 0 saturated carbocycles. The van der Waals surface area contributed by atoms with Crippen LogP contribution in [0.4, 0.5) is 0 Å². The molecule has 0 bridgehead atoms. The fourth-order valence-corrected chi connectivity index (χ4v) is 2.66. The summed E-state index contributed by atoms with van der Waals surface area (Å²) in [7, 11) is 0. The van der Waals surface area contributed by atoms with Gasteiger partial charge in [0.05, 0.1) is 5.75 Å². The summed E-state index contributed by atoms with van der Waals surface area (Å²) in [4.78, 5) is 10.00. The summed E-state index contributed by atoms with van der Waals surface area (Å²) >= 11 is 1.81. The first-order valence-electron chi connectivity index (χ1n) is 6.22. The average Bonchev–Trinajstić information content (AvgIpc) is 2.39. The third kappa shape index (κ3) is 4.04. The second-order valence-electron chi connectivity index (χ2n) is 4.18. The van der Waals surface area contributed by atoms with E-state index < -0.39 is 0 Å². The van der Waals surface area contributed by atoms with Crippen LogP contribution in [0.2, 0.25) is 0 Å². The lowest BCUT2D eigenvalue weighted by atomic mass is 10.2. The van der Waals surface area contributed by atoms with Crippen LogP contribution < -0.4 is 5.32 Å². The summed E-state index contributed by atoms with van der Waals surface area (Å²) in [6.45, 7) is 4.23. The van der Waals surface area contributed by atoms with E-state index in [0.29, 0.717) is 0 Å². The van der Waals surface area contributed by atoms with Gasteiger partial charge in [-0.2, -0.15) is 0 Å². The van der Waals surface area contributed by atoms with Crippen LogP contribution in [0.1, 0.15) is 25.3 Å². The minimum absolute atomic E-state index is 0.928. The van der Waals surface area contributed by atoms with Crippen molar-refractivity contribution >= 4 is 17.6 Å². The zero-order chi connectivity index (χ0) is 11.9. The Morgan fingerprint density at radius 3 is 3.12 bits per heavy atom. The number of aromatic nitrogens is 1. The Labute approximate surface area is 107 Å². The second-order valence-corrected chi connectivity index (χ2v) is 5.23. The van der Waals surface area contributed by atoms with Gasteiger partial charge in [-0.25, -0.2) is 0 Å². The van der Waals surface area contributed by atoms with Crippen molar-refractivity contribution in [1.82, 2.24) is 10.3 Å². The van der Waals surface area contributed by atoms with Crippen LogP contribution in [0.15, 0.2) is 28.3 Å². The van der Waals surface area contributed by atoms with Crippen molar-refractivity contribution in [3.8, 4) is 0 Å². The van der Waals surface area contributed by atoms with Crippen molar-refractivity contribution < 1.29 is 0 Å². The van der Waals surface area contributed by atoms with Gasteiger partial charge in [0.25, 0.3) is 0 Å². The minimum atomic E-state index is 0.928. The van der Waals surface area contributed by atoms with Gasteiger partial charge in [0.1, 0.15) is 5.84 Å². The smallest absolute Gasteiger partial charge is 0.107 e. The van der Waals surface area contributed by atoms with Crippen molar-refractivity contribution in [2.24, 2.45) is 4.99 Å². The highest BCUT2D eigenvalue weighted by atomic mass is 32.2. The Kier molecular flexibility index (Phi) is 4.86. The third-order valence-electron chi connectivity index (χ3n) is 2.65. The molecule has 92 valence electrons. The molecule has 4 heteroatoms. The molecule has 0 atom stereocenters. The van der Waals surface area contributed by atoms with Gasteiger partial charge in [-0.1, -0.05) is 13.3 Å². The van der Waals surface area contributed by atoms with Crippen molar-refractivity contribution in [3.63, 3.8) is 0 Å². The van der Waals surface area contributed by atoms with E-state index in [-0.39, 0.29) is 0 Å². The monoisotopic (exact) mass is 249 g/mol. The van der Waals surface area contributed by atoms with Gasteiger partial charge in [0, 0.05) is 30.4 Å². The summed E-state index contributed by atoms with van der Waals surface area (Å²) < 4.78 is 0. The van der Waals surface area contributed by atoms with E-state index in [0.717, 1.165) is 37.5 Å². The molecule has 1 aliphatic heterocycles. The van der Waals surface area contributed by atoms with E-state index >= 15 is 0 Å². The topological polar surface area (TPSA) is 37.3 Å². The molecular weight excluding hydrogens is 230 g/mol. The zero-order valence-electron chi connectivity index (χ0n) is 10.3. The van der Waals surface area contributed by atoms with E-state index in [1.807, 2.05) is 24.2 Å². The highest BCUT2D eigenvalue weighted by Crippen LogP contribution is 2.18. The minimum Gasteiger partial charge on any atom is -0.373 e. The van der Waals surface area contributed by atoms with Crippen molar-refractivity contribution in [2.45, 2.75) is 31.1 Å². The number of nitrogens with zero attached hydrogens (tertiary/aromatic N) is 2. The van der Waals surface area contributed by atoms with Crippen LogP contribution >= 0.6 is 11.8 Å². The molecule has 0 unspecified atom stereocenters. The molecule has 0 aliphatic carbocycles. The Hall–Kier alpha value is -1.03. The van der Waals surface area contributed by atoms with Crippen LogP contribution in [-0.4, -0.2) is 29.7 Å². The molecule has 0 fully saturated rings. The van der Waals surface area contributed by atoms with Crippen LogP contribution in [0, 0.1) is 0 Å². The van der Waals surface area contributed by atoms with Gasteiger partial charge in [-0.05, 0) is 24.5 Å². The predicted octanol–water partition coefficient (Wildman–Crippen LogP) is 2.52. The lowest BCUT2D eigenvalue weighted by Crippen LogP contribution is -2.31. The lowest BCUT2D eigenvalue weighted by Gasteiger charge is -2.14. The summed E-state index contributed by atoms with van der Waals surface area (Å²) in [5.74, 6) is 2.05. The maximum atomic E-state index is 4.47. The van der Waals surface area contributed by atoms with Gasteiger partial charge < -0.3 is 5.32 Å². The fourth-order valence-electron chi connectivity index (χ4n) is 1.80. The fraction of sp³-hybridized carbons (Fsp3) is 0.538. The van der Waals surface area contributed by atoms with Crippen LogP contribution in [0.5, 0.6) is 0 Å². The highest BCUT2D eigenvalue weighted by molar-refractivity contribution is 8.00. The number of rotatable bonds is 5. The van der Waals surface area contributed by atoms with E-state index in [4.69, 9.17) is 0 Å².